The number of H-pyrrole nitrogens is 2. The fourth-order valence-corrected chi connectivity index (χ4v) is 10.5. The summed E-state index contributed by atoms with van der Waals surface area (Å²) in [6, 6.07) is 31.3. The first-order chi connectivity index (χ1) is 30.0. The Morgan fingerprint density at radius 3 is 1.00 bits per heavy atom. The van der Waals surface area contributed by atoms with Crippen molar-refractivity contribution >= 4 is 54.4 Å². The Morgan fingerprint density at radius 1 is 0.391 bits per heavy atom. The number of aryl methyl sites for hydroxylation is 9. The minimum Gasteiger partial charge on any atom is -0.354 e. The minimum absolute atomic E-state index is 0. The zero-order chi connectivity index (χ0) is 44.5. The Bertz CT molecular complexity index is 3230. The van der Waals surface area contributed by atoms with Crippen LogP contribution in [0.2, 0.25) is 19.6 Å². The first kappa shape index (κ1) is 44.5. The van der Waals surface area contributed by atoms with E-state index in [2.05, 4.69) is 213 Å². The van der Waals surface area contributed by atoms with Crippen LogP contribution in [0.1, 0.15) is 78.4 Å². The van der Waals surface area contributed by atoms with Crippen LogP contribution in [0.3, 0.4) is 0 Å². The van der Waals surface area contributed by atoms with Crippen molar-refractivity contribution in [3.05, 3.63) is 163 Å². The van der Waals surface area contributed by atoms with Gasteiger partial charge in [-0.3, -0.25) is 0 Å². The van der Waals surface area contributed by atoms with Gasteiger partial charge in [-0.15, -0.1) is 5.54 Å². The van der Waals surface area contributed by atoms with E-state index in [4.69, 9.17) is 9.97 Å². The number of nitrogens with zero attached hydrogens (tertiary/aromatic N) is 2. The maximum atomic E-state index is 5.63. The average Bonchev–Trinajstić information content (AvgIpc) is 4.04. The van der Waals surface area contributed by atoms with Crippen molar-refractivity contribution in [2.45, 2.75) is 82.0 Å². The fourth-order valence-electron chi connectivity index (χ4n) is 10.0. The van der Waals surface area contributed by atoms with Gasteiger partial charge in [0.1, 0.15) is 8.07 Å². The molecule has 3 aromatic heterocycles. The van der Waals surface area contributed by atoms with Crippen molar-refractivity contribution in [3.8, 4) is 56.0 Å². The van der Waals surface area contributed by atoms with Crippen molar-refractivity contribution in [3.63, 3.8) is 0 Å². The van der Waals surface area contributed by atoms with E-state index in [9.17, 15) is 0 Å². The van der Waals surface area contributed by atoms with E-state index in [-0.39, 0.29) is 19.5 Å². The van der Waals surface area contributed by atoms with E-state index in [0.29, 0.717) is 0 Å². The van der Waals surface area contributed by atoms with Crippen LogP contribution < -0.4 is 0 Å². The number of hydrogen-bond donors (Lipinski definition) is 2. The third-order valence-corrected chi connectivity index (χ3v) is 13.2. The molecule has 2 aliphatic rings. The second-order valence-corrected chi connectivity index (χ2v) is 23.7. The van der Waals surface area contributed by atoms with Gasteiger partial charge in [0.2, 0.25) is 0 Å². The van der Waals surface area contributed by atoms with Gasteiger partial charge in [0.15, 0.2) is 0 Å². The monoisotopic (exact) mass is 900 g/mol. The van der Waals surface area contributed by atoms with Gasteiger partial charge in [0.25, 0.3) is 0 Å². The fraction of sp³-hybridized carbons (Fsp3) is 0.207. The number of hydrogen-bond acceptors (Lipinski definition) is 2. The molecular weight excluding hydrogens is 846 g/mol. The van der Waals surface area contributed by atoms with Gasteiger partial charge in [0.05, 0.1) is 22.8 Å². The number of rotatable bonds is 4. The van der Waals surface area contributed by atoms with Crippen LogP contribution in [0.25, 0.3) is 90.9 Å². The zero-order valence-corrected chi connectivity index (χ0v) is 43.5. The second kappa shape index (κ2) is 17.1. The van der Waals surface area contributed by atoms with Gasteiger partial charge in [-0.2, -0.15) is 0 Å². The number of benzene rings is 4. The summed E-state index contributed by atoms with van der Waals surface area (Å²) in [5, 5.41) is 0. The molecule has 0 aliphatic carbocycles. The summed E-state index contributed by atoms with van der Waals surface area (Å²) >= 11 is 0. The molecule has 0 spiro atoms. The summed E-state index contributed by atoms with van der Waals surface area (Å²) in [7, 11) is -1.55. The van der Waals surface area contributed by atoms with Gasteiger partial charge in [-0.05, 0) is 179 Å². The largest absolute Gasteiger partial charge is 0.354 e. The third kappa shape index (κ3) is 8.36. The molecule has 0 fully saturated rings. The smallest absolute Gasteiger partial charge is 0.129 e. The van der Waals surface area contributed by atoms with Gasteiger partial charge < -0.3 is 9.97 Å². The quantitative estimate of drug-likeness (QED) is 0.137. The van der Waals surface area contributed by atoms with Crippen molar-refractivity contribution in [1.29, 1.82) is 0 Å². The molecule has 9 rings (SSSR count). The Morgan fingerprint density at radius 2 is 0.688 bits per heavy atom. The summed E-state index contributed by atoms with van der Waals surface area (Å²) in [6.07, 6.45) is 8.79. The summed E-state index contributed by atoms with van der Waals surface area (Å²) in [5.41, 5.74) is 32.2. The molecule has 4 nitrogen and oxygen atoms in total. The minimum atomic E-state index is -1.55. The van der Waals surface area contributed by atoms with E-state index in [1.807, 2.05) is 0 Å². The van der Waals surface area contributed by atoms with Crippen molar-refractivity contribution in [2.24, 2.45) is 0 Å². The third-order valence-electron chi connectivity index (χ3n) is 12.3. The normalized spacial score (nSPS) is 12.0. The maximum Gasteiger partial charge on any atom is 0.129 e. The molecular formula is C58H56N4SiZn. The van der Waals surface area contributed by atoms with Crippen LogP contribution in [0, 0.1) is 73.8 Å². The van der Waals surface area contributed by atoms with E-state index < -0.39 is 8.07 Å². The molecule has 6 heteroatoms. The molecule has 7 aromatic rings. The number of aromatic amines is 2. The van der Waals surface area contributed by atoms with Gasteiger partial charge in [-0.1, -0.05) is 90.8 Å². The Hall–Kier alpha value is -6.12. The molecule has 314 valence electrons. The van der Waals surface area contributed by atoms with Crippen LogP contribution in [0.5, 0.6) is 0 Å². The van der Waals surface area contributed by atoms with Crippen LogP contribution in [-0.4, -0.2) is 28.0 Å². The predicted molar refractivity (Wildman–Crippen MR) is 273 cm³/mol. The molecule has 64 heavy (non-hydrogen) atoms. The number of aromatic nitrogens is 4. The Kier molecular flexibility index (Phi) is 11.9. The molecule has 2 aliphatic heterocycles. The molecule has 0 saturated carbocycles. The van der Waals surface area contributed by atoms with E-state index in [1.165, 1.54) is 66.8 Å². The molecule has 8 bridgehead atoms. The van der Waals surface area contributed by atoms with Crippen LogP contribution in [-0.2, 0) is 19.5 Å². The first-order valence-corrected chi connectivity index (χ1v) is 25.6. The summed E-state index contributed by atoms with van der Waals surface area (Å²) in [4.78, 5) is 19.2. The summed E-state index contributed by atoms with van der Waals surface area (Å²) in [5.74, 6) is 3.46. The molecule has 0 amide bonds. The van der Waals surface area contributed by atoms with Crippen LogP contribution >= 0.6 is 0 Å². The Labute approximate surface area is 392 Å². The van der Waals surface area contributed by atoms with Crippen molar-refractivity contribution in [2.75, 3.05) is 0 Å². The Balaban J connectivity index is 0.00000560. The predicted octanol–water partition coefficient (Wildman–Crippen LogP) is 15.3. The molecule has 0 saturated heterocycles. The van der Waals surface area contributed by atoms with E-state index in [0.717, 1.165) is 78.2 Å². The van der Waals surface area contributed by atoms with Gasteiger partial charge >= 0.3 is 0 Å². The first-order valence-electron chi connectivity index (χ1n) is 22.1. The maximum absolute atomic E-state index is 5.63. The van der Waals surface area contributed by atoms with Crippen LogP contribution in [0.15, 0.2) is 84.9 Å². The van der Waals surface area contributed by atoms with Crippen LogP contribution in [0.4, 0.5) is 0 Å². The molecule has 0 unspecified atom stereocenters. The summed E-state index contributed by atoms with van der Waals surface area (Å²) in [6.45, 7) is 26.7. The van der Waals surface area contributed by atoms with E-state index >= 15 is 0 Å². The SMILES string of the molecule is Cc1cc(C)c(-c2c3nc(c(-c4c(C)cc(C)cc4C)c4ccc([nH]4)c(-c4c(C)cc(C)cc4C)c4nc(c(-c5ccc(C#C[Si](C)(C)C)cc5)c5ccc2[nH]5)C=C4)C=C3)c(C)c1.[Zn]. The molecule has 0 atom stereocenters. The molecule has 2 N–H and O–H groups in total. The standard InChI is InChI=1S/C58H56N4Si.Zn/c1-33-27-36(4)52(37(5)28-33)56-46-19-17-44(59-46)55(43-15-13-42(14-16-43)25-26-63(10,11)12)45-18-20-47(60-45)57(53-38(6)29-34(2)30-39(53)7)49-22-24-51(62-49)58(50-23-21-48(56)61-50)54-40(8)31-35(3)32-41(54)9;/h13-24,27-32,59,62H,1-12H3;. The summed E-state index contributed by atoms with van der Waals surface area (Å²) < 4.78 is 0. The van der Waals surface area contributed by atoms with Crippen molar-refractivity contribution in [1.82, 2.24) is 19.9 Å². The zero-order valence-electron chi connectivity index (χ0n) is 39.5. The second-order valence-electron chi connectivity index (χ2n) is 18.9. The number of nitrogens with one attached hydrogen (secondary N) is 2. The number of fused-ring (bicyclic) bond motifs is 8. The molecule has 5 heterocycles. The van der Waals surface area contributed by atoms with Crippen molar-refractivity contribution < 1.29 is 19.5 Å². The average molecular weight is 903 g/mol. The topological polar surface area (TPSA) is 57.4 Å². The molecule has 0 radical (unpaired) electrons. The van der Waals surface area contributed by atoms with Gasteiger partial charge in [-0.25, -0.2) is 9.97 Å². The molecule has 4 aromatic carbocycles. The van der Waals surface area contributed by atoms with Gasteiger partial charge in [0, 0.05) is 69.4 Å². The van der Waals surface area contributed by atoms with E-state index in [1.54, 1.807) is 0 Å².